The van der Waals surface area contributed by atoms with E-state index >= 15 is 35.1 Å². The van der Waals surface area contributed by atoms with Crippen LogP contribution in [0.15, 0.2) is 158 Å². The summed E-state index contributed by atoms with van der Waals surface area (Å²) >= 11 is 0. The van der Waals surface area contributed by atoms with Gasteiger partial charge in [0.25, 0.3) is 5.92 Å². The summed E-state index contributed by atoms with van der Waals surface area (Å²) < 4.78 is 238. The maximum absolute atomic E-state index is 15.5. The molecule has 0 bridgehead atoms. The van der Waals surface area contributed by atoms with Gasteiger partial charge in [0.2, 0.25) is 0 Å². The Morgan fingerprint density at radius 3 is 1.08 bits per heavy atom. The maximum Gasteiger partial charge on any atom is 0.404 e. The average molecular weight is 1830 g/mol. The molecular formula is C103H101F16N9O4. The Balaban J connectivity index is 0.000000142. The Kier molecular flexibility index (Phi) is 27.5. The molecule has 1 fully saturated rings. The van der Waals surface area contributed by atoms with E-state index in [-0.39, 0.29) is 86.3 Å². The van der Waals surface area contributed by atoms with E-state index in [1.807, 2.05) is 42.2 Å². The fraction of sp³-hybridized carbons (Fsp3) is 0.350. The number of nitrogens with zero attached hydrogens (tertiary/aromatic N) is 5. The molecule has 0 radical (unpaired) electrons. The average Bonchev–Trinajstić information content (AvgIpc) is 1.56. The highest BCUT2D eigenvalue weighted by Crippen LogP contribution is 2.53. The highest BCUT2D eigenvalue weighted by molar-refractivity contribution is 5.94. The van der Waals surface area contributed by atoms with Gasteiger partial charge in [-0.15, -0.1) is 0 Å². The number of benzene rings is 7. The van der Waals surface area contributed by atoms with Gasteiger partial charge >= 0.3 is 6.18 Å². The molecule has 17 rings (SSSR count). The normalized spacial score (nSPS) is 20.2. The molecule has 4 aliphatic heterocycles. The van der Waals surface area contributed by atoms with E-state index in [2.05, 4.69) is 49.7 Å². The van der Waals surface area contributed by atoms with Crippen LogP contribution >= 0.6 is 0 Å². The van der Waals surface area contributed by atoms with Crippen molar-refractivity contribution in [3.63, 3.8) is 0 Å². The van der Waals surface area contributed by atoms with Gasteiger partial charge in [-0.2, -0.15) is 13.2 Å². The van der Waals surface area contributed by atoms with Crippen molar-refractivity contribution in [3.8, 4) is 0 Å². The largest absolute Gasteiger partial charge is 0.404 e. The zero-order valence-electron chi connectivity index (χ0n) is 74.9. The molecule has 0 saturated heterocycles. The van der Waals surface area contributed by atoms with Gasteiger partial charge in [-0.05, 0) is 280 Å². The van der Waals surface area contributed by atoms with E-state index in [0.29, 0.717) is 68.4 Å². The van der Waals surface area contributed by atoms with E-state index in [1.165, 1.54) is 131 Å². The number of carbonyl (C=O) groups is 4. The van der Waals surface area contributed by atoms with Gasteiger partial charge < -0.3 is 19.9 Å². The van der Waals surface area contributed by atoms with Crippen LogP contribution in [0.4, 0.5) is 70.2 Å². The number of fused-ring (bicyclic) bond motifs is 12. The molecule has 1 aliphatic carbocycles. The Bertz CT molecular complexity index is 6290. The molecule has 6 unspecified atom stereocenters. The van der Waals surface area contributed by atoms with Gasteiger partial charge in [0, 0.05) is 134 Å². The van der Waals surface area contributed by atoms with Crippen LogP contribution in [-0.4, -0.2) is 141 Å². The molecule has 1 saturated carbocycles. The van der Waals surface area contributed by atoms with Gasteiger partial charge in [-0.25, -0.2) is 62.1 Å². The van der Waals surface area contributed by atoms with Crippen molar-refractivity contribution in [2.75, 3.05) is 26.2 Å². The first-order valence-electron chi connectivity index (χ1n) is 43.5. The van der Waals surface area contributed by atoms with Gasteiger partial charge in [-0.1, -0.05) is 67.6 Å². The third-order valence-electron chi connectivity index (χ3n) is 24.9. The predicted molar refractivity (Wildman–Crippen MR) is 481 cm³/mol. The maximum atomic E-state index is 15.5. The second kappa shape index (κ2) is 37.7. The number of carbonyl (C=O) groups excluding carboxylic acids is 4. The zero-order chi connectivity index (χ0) is 95.6. The quantitative estimate of drug-likeness (QED) is 0.0431. The molecule has 0 spiro atoms. The molecule has 29 heteroatoms. The lowest BCUT2D eigenvalue weighted by Gasteiger charge is -2.44. The number of rotatable bonds is 20. The van der Waals surface area contributed by atoms with Crippen LogP contribution < -0.4 is 0 Å². The van der Waals surface area contributed by atoms with Crippen LogP contribution in [0.1, 0.15) is 217 Å². The van der Waals surface area contributed by atoms with Crippen LogP contribution in [-0.2, 0) is 44.9 Å². The lowest BCUT2D eigenvalue weighted by Crippen LogP contribution is -2.55. The summed E-state index contributed by atoms with van der Waals surface area (Å²) in [6.45, 7) is 18.7. The molecule has 8 atom stereocenters. The second-order valence-electron chi connectivity index (χ2n) is 37.2. The van der Waals surface area contributed by atoms with Gasteiger partial charge in [-0.3, -0.25) is 38.8 Å². The number of halogens is 16. The number of nitrogens with one attached hydrogen (secondary N) is 4. The van der Waals surface area contributed by atoms with Crippen molar-refractivity contribution in [3.05, 3.63) is 300 Å². The first-order valence-corrected chi connectivity index (χ1v) is 43.5. The molecule has 12 aromatic rings. The number of H-pyrrole nitrogens is 4. The summed E-state index contributed by atoms with van der Waals surface area (Å²) in [6, 6.07) is 25.0. The molecule has 4 N–H and O–H groups in total. The highest BCUT2D eigenvalue weighted by atomic mass is 19.4. The Morgan fingerprint density at radius 1 is 0.394 bits per heavy atom. The first kappa shape index (κ1) is 96.3. The number of alkyl halides is 7. The Labute approximate surface area is 753 Å². The summed E-state index contributed by atoms with van der Waals surface area (Å²) in [4.78, 5) is 68.3. The molecule has 694 valence electrons. The number of ketones is 4. The topological polar surface area (TPSA) is 157 Å². The zero-order valence-corrected chi connectivity index (χ0v) is 74.9. The van der Waals surface area contributed by atoms with Crippen LogP contribution in [0.3, 0.4) is 0 Å². The Morgan fingerprint density at radius 2 is 0.712 bits per heavy atom. The summed E-state index contributed by atoms with van der Waals surface area (Å²) in [6.07, 6.45) is 10.7. The number of aromatic nitrogens is 5. The lowest BCUT2D eigenvalue weighted by atomic mass is 9.86. The monoisotopic (exact) mass is 1830 g/mol. The van der Waals surface area contributed by atoms with Crippen LogP contribution in [0.2, 0.25) is 0 Å². The molecular weight excluding hydrogens is 1730 g/mol. The standard InChI is InChI=1S/C27H28F2N2O.C26H24F6N2O.C25H23F5N2O.C25H26F3N3O/c1-16-12-20-19-6-4-5-7-23(19)30-25(20)26(31(16)15-27(3)10-11-27)24-21(28)13-18(14-22(24)29)9-8-17(2)32;1-14(35)8-9-15-10-18(27)22(19(28)11-15)24-23-17(16-6-4-5-7-20(16)33-23)12-21(26(30,31)32)34(24)13-25(2,3)29;1-13-8-18-17-11-16(26)6-7-21(17)31-23(18)24(32(13)12-25(3,29)30)22-19(27)9-15(10-20(22)28)5-4-14(2)33;1-14-10-18-17-6-5-9-29-24(17)30-22(18)23(31(14)13-25(3,4)28)21-19(26)11-16(12-20(21)27)8-7-15(2)32/h4-9,13-14,16,26,30H,10-12,15H2,1-3H3;4-11,21,24,33H,12-13H2,1-3H3;4-7,9-11,13,24,31H,8,12H2,1-3H3;5-9,11-12,14,23H,10,13H2,1-4H3,(H,29,30)/b2*9-8+;5-4+;8-7+/t16-,26-;;;/m1.../s1. The van der Waals surface area contributed by atoms with Crippen molar-refractivity contribution < 1.29 is 89.4 Å². The number of aromatic amines is 4. The van der Waals surface area contributed by atoms with E-state index in [0.717, 1.165) is 115 Å². The minimum atomic E-state index is -4.78. The van der Waals surface area contributed by atoms with E-state index < -0.39 is 137 Å². The van der Waals surface area contributed by atoms with Gasteiger partial charge in [0.15, 0.2) is 23.1 Å². The molecule has 9 heterocycles. The summed E-state index contributed by atoms with van der Waals surface area (Å²) in [7, 11) is 0. The van der Waals surface area contributed by atoms with Crippen LogP contribution in [0.5, 0.6) is 0 Å². The second-order valence-corrected chi connectivity index (χ2v) is 37.2. The summed E-state index contributed by atoms with van der Waals surface area (Å²) in [5.74, 6) is -11.3. The SMILES string of the molecule is CC(=O)/C=C/c1cc(F)c(C2c3[nH]c4ccc(F)cc4c3CC(C)N2CC(C)(F)F)c(F)c1.CC(=O)/C=C/c1cc(F)c(C2c3[nH]c4ccccc4c3CC(C(F)(F)F)N2CC(C)(C)F)c(F)c1.CC(=O)/C=C/c1cc(F)c(C2c3[nH]c4ncccc4c3CC(C)N2CC(C)(C)F)c(F)c1.CC(=O)/C=C/c1cc(F)c([C@@H]2c3[nH]c4ccccc4c3C[C@@H](C)N2CC2(C)CC2)c(F)c1. The molecule has 5 aromatic heterocycles. The number of allylic oxidation sites excluding steroid dienone is 4. The Hall–Kier alpha value is -11.8. The fourth-order valence-electron chi connectivity index (χ4n) is 18.9. The molecule has 132 heavy (non-hydrogen) atoms. The van der Waals surface area contributed by atoms with E-state index in [4.69, 9.17) is 0 Å². The third-order valence-corrected chi connectivity index (χ3v) is 24.9. The van der Waals surface area contributed by atoms with Crippen molar-refractivity contribution in [1.82, 2.24) is 44.5 Å². The van der Waals surface area contributed by atoms with E-state index in [9.17, 15) is 54.3 Å². The minimum absolute atomic E-state index is 0.00589. The lowest BCUT2D eigenvalue weighted by molar-refractivity contribution is -0.195. The van der Waals surface area contributed by atoms with Crippen molar-refractivity contribution in [1.29, 1.82) is 0 Å². The third kappa shape index (κ3) is 21.1. The van der Waals surface area contributed by atoms with Crippen molar-refractivity contribution in [2.24, 2.45) is 5.41 Å². The minimum Gasteiger partial charge on any atom is -0.357 e. The molecule has 0 amide bonds. The smallest absolute Gasteiger partial charge is 0.357 e. The number of pyridine rings is 1. The fourth-order valence-corrected chi connectivity index (χ4v) is 18.9. The number of hydrogen-bond acceptors (Lipinski definition) is 9. The molecule has 13 nitrogen and oxygen atoms in total. The number of hydrogen-bond donors (Lipinski definition) is 4. The number of para-hydroxylation sites is 2. The summed E-state index contributed by atoms with van der Waals surface area (Å²) in [5.41, 5.74) is 4.09. The van der Waals surface area contributed by atoms with Crippen molar-refractivity contribution in [2.45, 2.75) is 200 Å². The summed E-state index contributed by atoms with van der Waals surface area (Å²) in [5, 5.41) is 3.10. The van der Waals surface area contributed by atoms with Crippen LogP contribution in [0.25, 0.3) is 68.0 Å². The predicted octanol–water partition coefficient (Wildman–Crippen LogP) is 24.6. The van der Waals surface area contributed by atoms with Crippen LogP contribution in [0, 0.1) is 57.8 Å². The molecule has 5 aliphatic rings. The van der Waals surface area contributed by atoms with Crippen molar-refractivity contribution >= 4 is 91.2 Å². The van der Waals surface area contributed by atoms with Gasteiger partial charge in [0.05, 0.1) is 30.7 Å². The van der Waals surface area contributed by atoms with Gasteiger partial charge in [0.1, 0.15) is 75.4 Å². The van der Waals surface area contributed by atoms with E-state index in [1.54, 1.807) is 37.4 Å². The first-order chi connectivity index (χ1) is 62.0. The molecule has 7 aromatic carbocycles. The highest BCUT2D eigenvalue weighted by Gasteiger charge is 2.54.